The summed E-state index contributed by atoms with van der Waals surface area (Å²) in [6, 6.07) is 9.77. The molecule has 2 aromatic rings. The van der Waals surface area contributed by atoms with Crippen LogP contribution in [0.4, 0.5) is 0 Å². The molecule has 0 unspecified atom stereocenters. The van der Waals surface area contributed by atoms with Crippen molar-refractivity contribution in [3.8, 4) is 11.5 Å². The summed E-state index contributed by atoms with van der Waals surface area (Å²) in [6.07, 6.45) is 7.84. The Hall–Kier alpha value is -3.14. The summed E-state index contributed by atoms with van der Waals surface area (Å²) in [7, 11) is 0. The van der Waals surface area contributed by atoms with Crippen LogP contribution in [-0.2, 0) is 22.4 Å². The molecule has 2 aliphatic rings. The minimum absolute atomic E-state index is 0.323. The van der Waals surface area contributed by atoms with Gasteiger partial charge < -0.3 is 9.47 Å². The number of allylic oxidation sites excluding steroid dienone is 2. The van der Waals surface area contributed by atoms with E-state index in [9.17, 15) is 9.59 Å². The van der Waals surface area contributed by atoms with Crippen molar-refractivity contribution in [2.45, 2.75) is 26.7 Å². The Morgan fingerprint density at radius 3 is 2.50 bits per heavy atom. The van der Waals surface area contributed by atoms with E-state index in [4.69, 9.17) is 9.47 Å². The van der Waals surface area contributed by atoms with E-state index in [-0.39, 0.29) is 11.9 Å². The number of carbonyl (C=O) groups is 2. The highest BCUT2D eigenvalue weighted by Gasteiger charge is 2.21. The van der Waals surface area contributed by atoms with Gasteiger partial charge >= 0.3 is 11.9 Å². The van der Waals surface area contributed by atoms with Crippen LogP contribution >= 0.6 is 0 Å². The molecule has 0 heterocycles. The molecule has 130 valence electrons. The van der Waals surface area contributed by atoms with Gasteiger partial charge in [0.05, 0.1) is 0 Å². The second kappa shape index (κ2) is 6.30. The van der Waals surface area contributed by atoms with Crippen molar-refractivity contribution in [3.63, 3.8) is 0 Å². The number of ether oxygens (including phenoxy) is 2. The van der Waals surface area contributed by atoms with Crippen molar-refractivity contribution in [2.75, 3.05) is 0 Å². The Kier molecular flexibility index (Phi) is 3.96. The van der Waals surface area contributed by atoms with E-state index in [2.05, 4.69) is 18.2 Å². The Bertz CT molecular complexity index is 995. The molecule has 0 aromatic heterocycles. The summed E-state index contributed by atoms with van der Waals surface area (Å²) in [5.41, 5.74) is 6.50. The lowest BCUT2D eigenvalue weighted by atomic mass is 9.95. The van der Waals surface area contributed by atoms with Gasteiger partial charge in [0, 0.05) is 19.4 Å². The lowest BCUT2D eigenvalue weighted by molar-refractivity contribution is -0.132. The van der Waals surface area contributed by atoms with Gasteiger partial charge in [0.15, 0.2) is 0 Å². The SMILES string of the molecule is CC(=O)Oc1ccc2c(c1)CC=C2c1cc2c(c(OC(C)=O)c1)C=CC2. The Morgan fingerprint density at radius 1 is 0.923 bits per heavy atom. The Morgan fingerprint density at radius 2 is 1.73 bits per heavy atom. The van der Waals surface area contributed by atoms with Crippen molar-refractivity contribution < 1.29 is 19.1 Å². The van der Waals surface area contributed by atoms with Gasteiger partial charge in [0.2, 0.25) is 0 Å². The predicted octanol–water partition coefficient (Wildman–Crippen LogP) is 4.09. The first kappa shape index (κ1) is 16.3. The minimum Gasteiger partial charge on any atom is -0.427 e. The molecule has 4 heteroatoms. The molecule has 0 radical (unpaired) electrons. The number of carbonyl (C=O) groups excluding carboxylic acids is 2. The van der Waals surface area contributed by atoms with Gasteiger partial charge in [-0.2, -0.15) is 0 Å². The largest absolute Gasteiger partial charge is 0.427 e. The minimum atomic E-state index is -0.326. The molecule has 0 saturated heterocycles. The molecule has 0 atom stereocenters. The molecule has 2 aromatic carbocycles. The highest BCUT2D eigenvalue weighted by Crippen LogP contribution is 2.39. The summed E-state index contributed by atoms with van der Waals surface area (Å²) in [5.74, 6) is 0.513. The Balaban J connectivity index is 1.72. The van der Waals surface area contributed by atoms with Crippen molar-refractivity contribution in [1.29, 1.82) is 0 Å². The summed E-state index contributed by atoms with van der Waals surface area (Å²) >= 11 is 0. The molecule has 0 amide bonds. The topological polar surface area (TPSA) is 52.6 Å². The predicted molar refractivity (Wildman–Crippen MR) is 99.0 cm³/mol. The summed E-state index contributed by atoms with van der Waals surface area (Å²) in [4.78, 5) is 22.6. The van der Waals surface area contributed by atoms with Crippen LogP contribution in [0, 0.1) is 0 Å². The smallest absolute Gasteiger partial charge is 0.308 e. The molecule has 4 nitrogen and oxygen atoms in total. The number of benzene rings is 2. The van der Waals surface area contributed by atoms with Crippen molar-refractivity contribution in [1.82, 2.24) is 0 Å². The lowest BCUT2D eigenvalue weighted by Gasteiger charge is -2.13. The molecule has 26 heavy (non-hydrogen) atoms. The van der Waals surface area contributed by atoms with Crippen LogP contribution in [0.1, 0.15) is 41.7 Å². The molecule has 4 rings (SSSR count). The van der Waals surface area contributed by atoms with Crippen LogP contribution in [0.25, 0.3) is 11.6 Å². The third-order valence-corrected chi connectivity index (χ3v) is 4.57. The standard InChI is InChI=1S/C22H18O4/c1-13(23)25-18-7-9-19-16(11-18)6-8-20(19)17-10-15-4-3-5-21(15)22(12-17)26-14(2)24/h3,5,7-12H,4,6H2,1-2H3. The zero-order valence-electron chi connectivity index (χ0n) is 14.7. The maximum atomic E-state index is 11.5. The maximum absolute atomic E-state index is 11.5. The number of fused-ring (bicyclic) bond motifs is 2. The molecule has 2 aliphatic carbocycles. The fourth-order valence-corrected chi connectivity index (χ4v) is 3.57. The monoisotopic (exact) mass is 346 g/mol. The lowest BCUT2D eigenvalue weighted by Crippen LogP contribution is -2.04. The second-order valence-corrected chi connectivity index (χ2v) is 6.48. The van der Waals surface area contributed by atoms with Crippen LogP contribution < -0.4 is 9.47 Å². The molecule has 0 bridgehead atoms. The van der Waals surface area contributed by atoms with Gasteiger partial charge in [0.25, 0.3) is 0 Å². The Labute approximate surface area is 151 Å². The zero-order chi connectivity index (χ0) is 18.3. The van der Waals surface area contributed by atoms with E-state index in [1.807, 2.05) is 24.3 Å². The third kappa shape index (κ3) is 2.94. The van der Waals surface area contributed by atoms with E-state index in [1.165, 1.54) is 13.8 Å². The maximum Gasteiger partial charge on any atom is 0.308 e. The van der Waals surface area contributed by atoms with Gasteiger partial charge in [-0.05, 0) is 64.9 Å². The van der Waals surface area contributed by atoms with Gasteiger partial charge in [0.1, 0.15) is 11.5 Å². The van der Waals surface area contributed by atoms with Crippen LogP contribution in [0.3, 0.4) is 0 Å². The molecule has 0 N–H and O–H groups in total. The third-order valence-electron chi connectivity index (χ3n) is 4.57. The fraction of sp³-hybridized carbons (Fsp3) is 0.182. The molecule has 0 fully saturated rings. The van der Waals surface area contributed by atoms with Crippen LogP contribution in [0.5, 0.6) is 11.5 Å². The summed E-state index contributed by atoms with van der Waals surface area (Å²) < 4.78 is 10.6. The zero-order valence-corrected chi connectivity index (χ0v) is 14.7. The van der Waals surface area contributed by atoms with E-state index >= 15 is 0 Å². The van der Waals surface area contributed by atoms with Gasteiger partial charge in [-0.15, -0.1) is 0 Å². The highest BCUT2D eigenvalue weighted by atomic mass is 16.5. The molecular weight excluding hydrogens is 328 g/mol. The molecular formula is C22H18O4. The average Bonchev–Trinajstić information content (AvgIpc) is 3.19. The van der Waals surface area contributed by atoms with Gasteiger partial charge in [-0.3, -0.25) is 9.59 Å². The molecule has 0 aliphatic heterocycles. The van der Waals surface area contributed by atoms with E-state index in [0.717, 1.165) is 46.2 Å². The molecule has 0 saturated carbocycles. The van der Waals surface area contributed by atoms with Crippen molar-refractivity contribution in [3.05, 3.63) is 70.3 Å². The quantitative estimate of drug-likeness (QED) is 0.620. The number of rotatable bonds is 3. The number of hydrogen-bond acceptors (Lipinski definition) is 4. The van der Waals surface area contributed by atoms with Crippen LogP contribution in [0.2, 0.25) is 0 Å². The number of esters is 2. The van der Waals surface area contributed by atoms with Crippen molar-refractivity contribution >= 4 is 23.6 Å². The van der Waals surface area contributed by atoms with Crippen LogP contribution in [0.15, 0.2) is 42.5 Å². The first-order valence-electron chi connectivity index (χ1n) is 8.55. The highest BCUT2D eigenvalue weighted by molar-refractivity contribution is 5.87. The van der Waals surface area contributed by atoms with E-state index in [1.54, 1.807) is 6.07 Å². The van der Waals surface area contributed by atoms with Crippen molar-refractivity contribution in [2.24, 2.45) is 0 Å². The van der Waals surface area contributed by atoms with Crippen LogP contribution in [-0.4, -0.2) is 11.9 Å². The van der Waals surface area contributed by atoms with E-state index in [0.29, 0.717) is 11.5 Å². The number of hydrogen-bond donors (Lipinski definition) is 0. The summed E-state index contributed by atoms with van der Waals surface area (Å²) in [5, 5.41) is 0. The average molecular weight is 346 g/mol. The normalized spacial score (nSPS) is 13.8. The summed E-state index contributed by atoms with van der Waals surface area (Å²) in [6.45, 7) is 2.81. The first-order chi connectivity index (χ1) is 12.5. The van der Waals surface area contributed by atoms with Gasteiger partial charge in [-0.25, -0.2) is 0 Å². The fourth-order valence-electron chi connectivity index (χ4n) is 3.57. The van der Waals surface area contributed by atoms with E-state index < -0.39 is 0 Å². The van der Waals surface area contributed by atoms with Gasteiger partial charge in [-0.1, -0.05) is 24.3 Å². The first-order valence-corrected chi connectivity index (χ1v) is 8.55. The molecule has 0 spiro atoms. The second-order valence-electron chi connectivity index (χ2n) is 6.48.